The molecule has 1 saturated heterocycles. The van der Waals surface area contributed by atoms with E-state index in [9.17, 15) is 4.79 Å². The molecule has 2 rings (SSSR count). The summed E-state index contributed by atoms with van der Waals surface area (Å²) >= 11 is 4.38. The van der Waals surface area contributed by atoms with Crippen molar-refractivity contribution in [3.63, 3.8) is 0 Å². The van der Waals surface area contributed by atoms with Gasteiger partial charge in [0.15, 0.2) is 0 Å². The van der Waals surface area contributed by atoms with Crippen LogP contribution in [-0.4, -0.2) is 35.7 Å². The fourth-order valence-electron chi connectivity index (χ4n) is 3.02. The first-order chi connectivity index (χ1) is 7.69. The molecule has 1 amide bonds. The average molecular weight is 242 g/mol. The number of carbonyl (C=O) groups excluding carboxylic acids is 1. The van der Waals surface area contributed by atoms with Gasteiger partial charge in [0.2, 0.25) is 5.91 Å². The molecular formula is C12H22N2OS. The summed E-state index contributed by atoms with van der Waals surface area (Å²) in [7, 11) is 0. The maximum atomic E-state index is 11.7. The topological polar surface area (TPSA) is 46.3 Å². The summed E-state index contributed by atoms with van der Waals surface area (Å²) < 4.78 is 0. The van der Waals surface area contributed by atoms with E-state index in [0.29, 0.717) is 18.3 Å². The molecule has 0 spiro atoms. The standard InChI is InChI=1S/C12H22N2OS/c13-6-9-2-1-3-10(4-9)7-14-8-11(16)5-12(14)15/h9-11,16H,1-8,13H2/t9-,10+,11?/m1/s1. The van der Waals surface area contributed by atoms with Gasteiger partial charge in [-0.25, -0.2) is 0 Å². The molecule has 0 aromatic rings. The quantitative estimate of drug-likeness (QED) is 0.732. The Bertz CT molecular complexity index is 259. The smallest absolute Gasteiger partial charge is 0.223 e. The molecule has 0 aromatic carbocycles. The Kier molecular flexibility index (Phi) is 4.14. The molecule has 4 heteroatoms. The maximum Gasteiger partial charge on any atom is 0.223 e. The van der Waals surface area contributed by atoms with E-state index in [1.165, 1.54) is 25.7 Å². The van der Waals surface area contributed by atoms with Crippen molar-refractivity contribution >= 4 is 18.5 Å². The van der Waals surface area contributed by atoms with Crippen molar-refractivity contribution in [2.45, 2.75) is 37.4 Å². The van der Waals surface area contributed by atoms with E-state index in [1.807, 2.05) is 4.90 Å². The molecule has 2 fully saturated rings. The van der Waals surface area contributed by atoms with Crippen molar-refractivity contribution in [3.05, 3.63) is 0 Å². The van der Waals surface area contributed by atoms with Gasteiger partial charge in [-0.1, -0.05) is 6.42 Å². The molecule has 16 heavy (non-hydrogen) atoms. The zero-order valence-electron chi connectivity index (χ0n) is 9.77. The average Bonchev–Trinajstić information content (AvgIpc) is 2.58. The molecule has 0 aromatic heterocycles. The summed E-state index contributed by atoms with van der Waals surface area (Å²) in [6.45, 7) is 2.58. The Morgan fingerprint density at radius 1 is 1.38 bits per heavy atom. The van der Waals surface area contributed by atoms with E-state index in [-0.39, 0.29) is 11.2 Å². The van der Waals surface area contributed by atoms with Crippen LogP contribution < -0.4 is 5.73 Å². The second-order valence-corrected chi connectivity index (χ2v) is 6.02. The SMILES string of the molecule is NC[C@@H]1CCC[C@H](CN2CC(S)CC2=O)C1. The number of nitrogens with two attached hydrogens (primary N) is 1. The Balaban J connectivity index is 1.82. The van der Waals surface area contributed by atoms with Gasteiger partial charge in [0, 0.05) is 24.8 Å². The van der Waals surface area contributed by atoms with E-state index < -0.39 is 0 Å². The van der Waals surface area contributed by atoms with Crippen LogP contribution in [0.3, 0.4) is 0 Å². The first kappa shape index (κ1) is 12.2. The van der Waals surface area contributed by atoms with Gasteiger partial charge >= 0.3 is 0 Å². The third-order valence-electron chi connectivity index (χ3n) is 3.90. The van der Waals surface area contributed by atoms with Crippen molar-refractivity contribution in [3.8, 4) is 0 Å². The van der Waals surface area contributed by atoms with Crippen molar-refractivity contribution in [1.29, 1.82) is 0 Å². The Morgan fingerprint density at radius 3 is 2.75 bits per heavy atom. The molecule has 1 heterocycles. The zero-order valence-corrected chi connectivity index (χ0v) is 10.7. The zero-order chi connectivity index (χ0) is 11.5. The van der Waals surface area contributed by atoms with Crippen LogP contribution in [0.5, 0.6) is 0 Å². The minimum absolute atomic E-state index is 0.251. The van der Waals surface area contributed by atoms with Gasteiger partial charge in [-0.3, -0.25) is 4.79 Å². The number of rotatable bonds is 3. The fraction of sp³-hybridized carbons (Fsp3) is 0.917. The van der Waals surface area contributed by atoms with Crippen LogP contribution in [0.15, 0.2) is 0 Å². The normalized spacial score (nSPS) is 35.8. The van der Waals surface area contributed by atoms with E-state index >= 15 is 0 Å². The molecule has 0 bridgehead atoms. The van der Waals surface area contributed by atoms with E-state index in [2.05, 4.69) is 12.6 Å². The van der Waals surface area contributed by atoms with Crippen LogP contribution in [0.4, 0.5) is 0 Å². The summed E-state index contributed by atoms with van der Waals surface area (Å²) in [6, 6.07) is 0. The third-order valence-corrected chi connectivity index (χ3v) is 4.24. The molecule has 1 unspecified atom stereocenters. The second kappa shape index (κ2) is 5.41. The summed E-state index contributed by atoms with van der Waals surface area (Å²) in [5.41, 5.74) is 5.73. The van der Waals surface area contributed by atoms with Gasteiger partial charge in [-0.05, 0) is 37.6 Å². The number of hydrogen-bond acceptors (Lipinski definition) is 3. The van der Waals surface area contributed by atoms with Crippen molar-refractivity contribution in [1.82, 2.24) is 4.90 Å². The van der Waals surface area contributed by atoms with Gasteiger partial charge in [-0.15, -0.1) is 0 Å². The molecule has 1 saturated carbocycles. The van der Waals surface area contributed by atoms with Crippen LogP contribution in [0.1, 0.15) is 32.1 Å². The monoisotopic (exact) mass is 242 g/mol. The highest BCUT2D eigenvalue weighted by Crippen LogP contribution is 2.30. The van der Waals surface area contributed by atoms with Gasteiger partial charge in [-0.2, -0.15) is 12.6 Å². The van der Waals surface area contributed by atoms with Crippen LogP contribution in [0, 0.1) is 11.8 Å². The van der Waals surface area contributed by atoms with Crippen LogP contribution in [0.25, 0.3) is 0 Å². The molecule has 2 aliphatic rings. The largest absolute Gasteiger partial charge is 0.341 e. The number of amides is 1. The highest BCUT2D eigenvalue weighted by molar-refractivity contribution is 7.81. The molecule has 0 radical (unpaired) electrons. The lowest BCUT2D eigenvalue weighted by Crippen LogP contribution is -2.34. The Hall–Kier alpha value is -0.220. The number of nitrogens with zero attached hydrogens (tertiary/aromatic N) is 1. The summed E-state index contributed by atoms with van der Waals surface area (Å²) in [5, 5.41) is 0.251. The minimum atomic E-state index is 0.251. The van der Waals surface area contributed by atoms with Crippen LogP contribution in [-0.2, 0) is 4.79 Å². The van der Waals surface area contributed by atoms with Crippen molar-refractivity contribution < 1.29 is 4.79 Å². The molecule has 92 valence electrons. The Labute approximate surface area is 103 Å². The number of thiol groups is 1. The number of hydrogen-bond donors (Lipinski definition) is 2. The summed E-state index contributed by atoms with van der Waals surface area (Å²) in [6.07, 6.45) is 5.64. The fourth-order valence-corrected chi connectivity index (χ4v) is 3.37. The van der Waals surface area contributed by atoms with Gasteiger partial charge in [0.25, 0.3) is 0 Å². The van der Waals surface area contributed by atoms with E-state index in [1.54, 1.807) is 0 Å². The van der Waals surface area contributed by atoms with Crippen LogP contribution in [0.2, 0.25) is 0 Å². The molecule has 2 N–H and O–H groups in total. The Morgan fingerprint density at radius 2 is 2.12 bits per heavy atom. The summed E-state index contributed by atoms with van der Waals surface area (Å²) in [5.74, 6) is 1.64. The molecule has 3 atom stereocenters. The number of carbonyl (C=O) groups is 1. The van der Waals surface area contributed by atoms with Gasteiger partial charge in [0.1, 0.15) is 0 Å². The minimum Gasteiger partial charge on any atom is -0.341 e. The lowest BCUT2D eigenvalue weighted by molar-refractivity contribution is -0.128. The molecule has 1 aliphatic carbocycles. The summed E-state index contributed by atoms with van der Waals surface area (Å²) in [4.78, 5) is 13.7. The molecule has 1 aliphatic heterocycles. The van der Waals surface area contributed by atoms with E-state index in [0.717, 1.165) is 19.6 Å². The van der Waals surface area contributed by atoms with Gasteiger partial charge in [0.05, 0.1) is 0 Å². The third kappa shape index (κ3) is 2.92. The predicted octanol–water partition coefficient (Wildman–Crippen LogP) is 1.28. The van der Waals surface area contributed by atoms with E-state index in [4.69, 9.17) is 5.73 Å². The highest BCUT2D eigenvalue weighted by atomic mass is 32.1. The van der Waals surface area contributed by atoms with Crippen LogP contribution >= 0.6 is 12.6 Å². The van der Waals surface area contributed by atoms with Crippen molar-refractivity contribution in [2.24, 2.45) is 17.6 Å². The second-order valence-electron chi connectivity index (χ2n) is 5.29. The maximum absolute atomic E-state index is 11.7. The lowest BCUT2D eigenvalue weighted by atomic mass is 9.81. The molecule has 3 nitrogen and oxygen atoms in total. The number of likely N-dealkylation sites (tertiary alicyclic amines) is 1. The first-order valence-corrected chi connectivity index (χ1v) is 6.86. The van der Waals surface area contributed by atoms with Crippen molar-refractivity contribution in [2.75, 3.05) is 19.6 Å². The lowest BCUT2D eigenvalue weighted by Gasteiger charge is -2.31. The molecular weight excluding hydrogens is 220 g/mol. The van der Waals surface area contributed by atoms with Gasteiger partial charge < -0.3 is 10.6 Å². The predicted molar refractivity (Wildman–Crippen MR) is 68.5 cm³/mol. The highest BCUT2D eigenvalue weighted by Gasteiger charge is 2.30. The first-order valence-electron chi connectivity index (χ1n) is 6.35.